The van der Waals surface area contributed by atoms with Gasteiger partial charge in [0.2, 0.25) is 0 Å². The number of thiophene rings is 1. The first-order chi connectivity index (χ1) is 9.60. The summed E-state index contributed by atoms with van der Waals surface area (Å²) in [6, 6.07) is 10.2. The van der Waals surface area contributed by atoms with Gasteiger partial charge in [-0.05, 0) is 24.8 Å². The minimum atomic E-state index is -0.192. The van der Waals surface area contributed by atoms with Crippen LogP contribution in [0.5, 0.6) is 0 Å². The van der Waals surface area contributed by atoms with Crippen LogP contribution >= 0.6 is 23.1 Å². The van der Waals surface area contributed by atoms with E-state index in [1.54, 1.807) is 0 Å². The van der Waals surface area contributed by atoms with Crippen LogP contribution in [-0.2, 0) is 0 Å². The molecule has 6 heteroatoms. The van der Waals surface area contributed by atoms with Gasteiger partial charge in [-0.3, -0.25) is 4.79 Å². The summed E-state index contributed by atoms with van der Waals surface area (Å²) in [6.07, 6.45) is 1.85. The molecular weight excluding hydrogens is 290 g/mol. The van der Waals surface area contributed by atoms with Crippen LogP contribution in [0.3, 0.4) is 0 Å². The van der Waals surface area contributed by atoms with Crippen molar-refractivity contribution in [3.8, 4) is 10.4 Å². The number of nitrogens with zero attached hydrogens (tertiary/aromatic N) is 2. The minimum Gasteiger partial charge on any atom is -0.334 e. The van der Waals surface area contributed by atoms with Gasteiger partial charge >= 0.3 is 0 Å². The van der Waals surface area contributed by atoms with Crippen molar-refractivity contribution in [2.75, 3.05) is 12.1 Å². The van der Waals surface area contributed by atoms with Gasteiger partial charge in [0.1, 0.15) is 4.70 Å². The first kappa shape index (κ1) is 13.2. The van der Waals surface area contributed by atoms with E-state index in [0.29, 0.717) is 15.4 Å². The van der Waals surface area contributed by atoms with Crippen LogP contribution in [0.25, 0.3) is 20.7 Å². The first-order valence-corrected chi connectivity index (χ1v) is 8.07. The zero-order valence-corrected chi connectivity index (χ0v) is 12.7. The Kier molecular flexibility index (Phi) is 3.27. The Labute approximate surface area is 124 Å². The second-order valence-corrected chi connectivity index (χ2v) is 6.29. The van der Waals surface area contributed by atoms with Crippen LogP contribution in [0.1, 0.15) is 5.56 Å². The van der Waals surface area contributed by atoms with Crippen LogP contribution in [0, 0.1) is 6.92 Å². The van der Waals surface area contributed by atoms with E-state index in [-0.39, 0.29) is 5.56 Å². The molecule has 3 aromatic rings. The van der Waals surface area contributed by atoms with Gasteiger partial charge in [0.25, 0.3) is 5.56 Å². The third-order valence-electron chi connectivity index (χ3n) is 3.07. The number of thioether (sulfide) groups is 1. The van der Waals surface area contributed by atoms with E-state index in [2.05, 4.69) is 29.2 Å². The molecule has 0 amide bonds. The molecule has 1 aromatic carbocycles. The summed E-state index contributed by atoms with van der Waals surface area (Å²) in [7, 11) is 0. The molecule has 2 N–H and O–H groups in total. The molecule has 0 unspecified atom stereocenters. The van der Waals surface area contributed by atoms with Gasteiger partial charge in [0, 0.05) is 4.88 Å². The monoisotopic (exact) mass is 303 g/mol. The standard InChI is InChI=1S/C14H13N3OS2/c1-8-3-5-9(6-4-8)11-7-10-12(20-11)13(18)17(15)14(16-10)19-2/h3-7H,15H2,1-2H3. The Morgan fingerprint density at radius 2 is 2.00 bits per heavy atom. The molecule has 2 heterocycles. The Morgan fingerprint density at radius 3 is 2.65 bits per heavy atom. The van der Waals surface area contributed by atoms with Crippen LogP contribution < -0.4 is 11.4 Å². The average Bonchev–Trinajstić information content (AvgIpc) is 2.87. The number of rotatable bonds is 2. The number of nitrogen functional groups attached to an aromatic ring is 1. The second-order valence-electron chi connectivity index (χ2n) is 4.46. The van der Waals surface area contributed by atoms with Crippen molar-refractivity contribution >= 4 is 33.3 Å². The Balaban J connectivity index is 2.23. The molecule has 4 nitrogen and oxygen atoms in total. The number of hydrogen-bond acceptors (Lipinski definition) is 5. The quantitative estimate of drug-likeness (QED) is 0.449. The van der Waals surface area contributed by atoms with Gasteiger partial charge in [-0.25, -0.2) is 9.66 Å². The molecule has 0 fully saturated rings. The van der Waals surface area contributed by atoms with Gasteiger partial charge in [0.05, 0.1) is 5.52 Å². The average molecular weight is 303 g/mol. The maximum absolute atomic E-state index is 12.2. The highest BCUT2D eigenvalue weighted by atomic mass is 32.2. The Bertz CT molecular complexity index is 834. The summed E-state index contributed by atoms with van der Waals surface area (Å²) in [4.78, 5) is 17.7. The zero-order valence-electron chi connectivity index (χ0n) is 11.1. The van der Waals surface area contributed by atoms with Crippen molar-refractivity contribution in [3.05, 3.63) is 46.2 Å². The highest BCUT2D eigenvalue weighted by Crippen LogP contribution is 2.31. The van der Waals surface area contributed by atoms with Crippen LogP contribution in [0.4, 0.5) is 0 Å². The van der Waals surface area contributed by atoms with Crippen molar-refractivity contribution in [3.63, 3.8) is 0 Å². The maximum atomic E-state index is 12.2. The van der Waals surface area contributed by atoms with Crippen molar-refractivity contribution in [2.45, 2.75) is 12.1 Å². The Morgan fingerprint density at radius 1 is 1.30 bits per heavy atom. The van der Waals surface area contributed by atoms with Gasteiger partial charge < -0.3 is 5.84 Å². The van der Waals surface area contributed by atoms with Crippen LogP contribution in [0.15, 0.2) is 40.3 Å². The van der Waals surface area contributed by atoms with Crippen molar-refractivity contribution in [1.82, 2.24) is 9.66 Å². The smallest absolute Gasteiger partial charge is 0.290 e. The molecule has 0 aliphatic carbocycles. The predicted octanol–water partition coefficient (Wildman–Crippen LogP) is 2.87. The van der Waals surface area contributed by atoms with E-state index in [0.717, 1.165) is 15.1 Å². The lowest BCUT2D eigenvalue weighted by molar-refractivity contribution is 0.783. The predicted molar refractivity (Wildman–Crippen MR) is 86.0 cm³/mol. The van der Waals surface area contributed by atoms with Gasteiger partial charge in [0.15, 0.2) is 5.16 Å². The molecule has 3 rings (SSSR count). The van der Waals surface area contributed by atoms with Crippen LogP contribution in [0.2, 0.25) is 0 Å². The van der Waals surface area contributed by atoms with Crippen molar-refractivity contribution in [2.24, 2.45) is 0 Å². The SMILES string of the molecule is CSc1nc2cc(-c3ccc(C)cc3)sc2c(=O)n1N. The second kappa shape index (κ2) is 4.96. The maximum Gasteiger partial charge on any atom is 0.290 e. The van der Waals surface area contributed by atoms with E-state index in [1.165, 1.54) is 28.7 Å². The van der Waals surface area contributed by atoms with Crippen molar-refractivity contribution in [1.29, 1.82) is 0 Å². The zero-order chi connectivity index (χ0) is 14.3. The van der Waals surface area contributed by atoms with Gasteiger partial charge in [-0.2, -0.15) is 0 Å². The third kappa shape index (κ3) is 2.10. The lowest BCUT2D eigenvalue weighted by Crippen LogP contribution is -2.28. The summed E-state index contributed by atoms with van der Waals surface area (Å²) in [6.45, 7) is 2.05. The van der Waals surface area contributed by atoms with E-state index in [1.807, 2.05) is 19.2 Å². The lowest BCUT2D eigenvalue weighted by atomic mass is 10.1. The summed E-state index contributed by atoms with van der Waals surface area (Å²) in [5.74, 6) is 5.75. The molecule has 0 bridgehead atoms. The molecule has 0 radical (unpaired) electrons. The normalized spacial score (nSPS) is 11.1. The fourth-order valence-electron chi connectivity index (χ4n) is 1.97. The van der Waals surface area contributed by atoms with Gasteiger partial charge in [-0.15, -0.1) is 11.3 Å². The van der Waals surface area contributed by atoms with E-state index < -0.39 is 0 Å². The largest absolute Gasteiger partial charge is 0.334 e. The molecule has 0 aliphatic rings. The van der Waals surface area contributed by atoms with E-state index in [4.69, 9.17) is 5.84 Å². The molecule has 0 aliphatic heterocycles. The summed E-state index contributed by atoms with van der Waals surface area (Å²) < 4.78 is 1.71. The minimum absolute atomic E-state index is 0.192. The lowest BCUT2D eigenvalue weighted by Gasteiger charge is -2.02. The molecular formula is C14H13N3OS2. The first-order valence-electron chi connectivity index (χ1n) is 6.03. The number of hydrogen-bond donors (Lipinski definition) is 1. The molecule has 0 atom stereocenters. The van der Waals surface area contributed by atoms with Crippen LogP contribution in [-0.4, -0.2) is 15.9 Å². The van der Waals surface area contributed by atoms with E-state index in [9.17, 15) is 4.79 Å². The fraction of sp³-hybridized carbons (Fsp3) is 0.143. The molecule has 0 saturated heterocycles. The topological polar surface area (TPSA) is 60.9 Å². The molecule has 2 aromatic heterocycles. The molecule has 20 heavy (non-hydrogen) atoms. The van der Waals surface area contributed by atoms with Gasteiger partial charge in [-0.1, -0.05) is 41.6 Å². The summed E-state index contributed by atoms with van der Waals surface area (Å²) in [5.41, 5.74) is 2.82. The third-order valence-corrected chi connectivity index (χ3v) is 4.88. The summed E-state index contributed by atoms with van der Waals surface area (Å²) in [5, 5.41) is 0.524. The number of aryl methyl sites for hydroxylation is 1. The van der Waals surface area contributed by atoms with E-state index >= 15 is 0 Å². The molecule has 102 valence electrons. The summed E-state index contributed by atoms with van der Waals surface area (Å²) >= 11 is 2.79. The number of fused-ring (bicyclic) bond motifs is 1. The highest BCUT2D eigenvalue weighted by Gasteiger charge is 2.12. The number of aromatic nitrogens is 2. The van der Waals surface area contributed by atoms with Crippen molar-refractivity contribution < 1.29 is 0 Å². The Hall–Kier alpha value is -1.79. The molecule has 0 spiro atoms. The number of nitrogens with two attached hydrogens (primary N) is 1. The number of benzene rings is 1. The highest BCUT2D eigenvalue weighted by molar-refractivity contribution is 7.98. The fourth-order valence-corrected chi connectivity index (χ4v) is 3.48. The molecule has 0 saturated carbocycles.